The van der Waals surface area contributed by atoms with Gasteiger partial charge in [-0.1, -0.05) is 115 Å². The molecule has 0 amide bonds. The first kappa shape index (κ1) is 30.1. The quantitative estimate of drug-likeness (QED) is 0.178. The predicted molar refractivity (Wildman–Crippen MR) is 228 cm³/mol. The van der Waals surface area contributed by atoms with Gasteiger partial charge in [-0.3, -0.25) is 0 Å². The zero-order valence-corrected chi connectivity index (χ0v) is 31.0. The smallest absolute Gasteiger partial charge is 0.143 e. The van der Waals surface area contributed by atoms with E-state index in [1.54, 1.807) is 11.1 Å². The number of rotatable bonds is 2. The van der Waals surface area contributed by atoms with E-state index in [2.05, 4.69) is 146 Å². The van der Waals surface area contributed by atoms with Crippen molar-refractivity contribution in [3.8, 4) is 56.0 Å². The molecule has 2 heterocycles. The second kappa shape index (κ2) is 10.6. The monoisotopic (exact) mass is 718 g/mol. The summed E-state index contributed by atoms with van der Waals surface area (Å²) >= 11 is 0. The number of benzene rings is 8. The van der Waals surface area contributed by atoms with Crippen LogP contribution < -0.4 is 4.74 Å². The summed E-state index contributed by atoms with van der Waals surface area (Å²) in [6.45, 7) is 0. The molecule has 0 saturated heterocycles. The van der Waals surface area contributed by atoms with Gasteiger partial charge in [0, 0.05) is 32.5 Å². The highest BCUT2D eigenvalue weighted by molar-refractivity contribution is 6.19. The summed E-state index contributed by atoms with van der Waals surface area (Å²) in [5, 5.41) is 7.08. The van der Waals surface area contributed by atoms with Crippen molar-refractivity contribution in [1.29, 1.82) is 0 Å². The Morgan fingerprint density at radius 3 is 2.07 bits per heavy atom. The van der Waals surface area contributed by atoms with Gasteiger partial charge >= 0.3 is 0 Å². The van der Waals surface area contributed by atoms with Crippen molar-refractivity contribution in [2.75, 3.05) is 0 Å². The highest BCUT2D eigenvalue weighted by atomic mass is 16.5. The molecule has 4 saturated carbocycles. The van der Waals surface area contributed by atoms with Gasteiger partial charge in [0.05, 0.1) is 0 Å². The molecule has 4 bridgehead atoms. The van der Waals surface area contributed by atoms with E-state index in [9.17, 15) is 0 Å². The third-order valence-electron chi connectivity index (χ3n) is 15.1. The van der Waals surface area contributed by atoms with Crippen LogP contribution in [-0.2, 0) is 5.41 Å². The van der Waals surface area contributed by atoms with Gasteiger partial charge in [-0.2, -0.15) is 0 Å². The van der Waals surface area contributed by atoms with Gasteiger partial charge in [0.1, 0.15) is 22.7 Å². The molecule has 1 spiro atoms. The van der Waals surface area contributed by atoms with Crippen molar-refractivity contribution >= 4 is 43.5 Å². The van der Waals surface area contributed by atoms with Crippen molar-refractivity contribution in [2.24, 2.45) is 23.7 Å². The molecule has 9 aromatic rings. The van der Waals surface area contributed by atoms with Gasteiger partial charge in [0.15, 0.2) is 0 Å². The van der Waals surface area contributed by atoms with Crippen LogP contribution in [0.5, 0.6) is 11.5 Å². The molecule has 56 heavy (non-hydrogen) atoms. The Hall–Kier alpha value is -6.12. The molecular weight excluding hydrogens is 681 g/mol. The molecule has 0 N–H and O–H groups in total. The number of hydrogen-bond donors (Lipinski definition) is 0. The third kappa shape index (κ3) is 3.69. The lowest BCUT2D eigenvalue weighted by atomic mass is 9.43. The predicted octanol–water partition coefficient (Wildman–Crippen LogP) is 14.7. The van der Waals surface area contributed by atoms with Crippen molar-refractivity contribution in [1.82, 2.24) is 0 Å². The molecule has 0 unspecified atom stereocenters. The lowest BCUT2D eigenvalue weighted by molar-refractivity contribution is -0.0399. The Labute approximate surface area is 325 Å². The zero-order chi connectivity index (χ0) is 36.3. The maximum Gasteiger partial charge on any atom is 0.143 e. The topological polar surface area (TPSA) is 22.4 Å². The SMILES string of the molecule is c1ccc2c(c1)-c1c(-c3ccc4c5c(cccc35)-c3cc(-c5cccc6oc7c8ccccc8ccc7c56)ccc3O4)cccc1C21C2CC3CC(C2)CC1C3. The van der Waals surface area contributed by atoms with E-state index in [0.29, 0.717) is 0 Å². The molecule has 5 aliphatic carbocycles. The van der Waals surface area contributed by atoms with Gasteiger partial charge < -0.3 is 9.15 Å². The Kier molecular flexibility index (Phi) is 5.70. The lowest BCUT2D eigenvalue weighted by Crippen LogP contribution is -2.55. The van der Waals surface area contributed by atoms with Crippen LogP contribution in [0.2, 0.25) is 0 Å². The fourth-order valence-electron chi connectivity index (χ4n) is 13.3. The first-order chi connectivity index (χ1) is 27.7. The molecular formula is C54H38O2. The Bertz CT molecular complexity index is 3170. The van der Waals surface area contributed by atoms with Gasteiger partial charge in [0.2, 0.25) is 0 Å². The minimum absolute atomic E-state index is 0.149. The molecule has 1 aliphatic heterocycles. The highest BCUT2D eigenvalue weighted by Gasteiger charge is 2.61. The van der Waals surface area contributed by atoms with Crippen LogP contribution in [-0.4, -0.2) is 0 Å². The minimum Gasteiger partial charge on any atom is -0.456 e. The summed E-state index contributed by atoms with van der Waals surface area (Å²) in [6, 6.07) is 54.2. The van der Waals surface area contributed by atoms with Gasteiger partial charge in [-0.25, -0.2) is 0 Å². The maximum absolute atomic E-state index is 6.81. The zero-order valence-electron chi connectivity index (χ0n) is 31.0. The molecule has 0 radical (unpaired) electrons. The number of fused-ring (bicyclic) bond motifs is 10. The Morgan fingerprint density at radius 2 is 1.16 bits per heavy atom. The van der Waals surface area contributed by atoms with Crippen molar-refractivity contribution in [3.05, 3.63) is 157 Å². The molecule has 6 aliphatic rings. The normalized spacial score (nSPS) is 23.6. The van der Waals surface area contributed by atoms with Crippen LogP contribution in [0.4, 0.5) is 0 Å². The molecule has 2 nitrogen and oxygen atoms in total. The van der Waals surface area contributed by atoms with E-state index in [1.165, 1.54) is 81.6 Å². The van der Waals surface area contributed by atoms with Crippen LogP contribution in [0.3, 0.4) is 0 Å². The van der Waals surface area contributed by atoms with Crippen LogP contribution in [0.15, 0.2) is 150 Å². The van der Waals surface area contributed by atoms with E-state index in [-0.39, 0.29) is 5.41 Å². The summed E-state index contributed by atoms with van der Waals surface area (Å²) in [7, 11) is 0. The van der Waals surface area contributed by atoms with E-state index in [0.717, 1.165) is 73.6 Å². The molecule has 2 heteroatoms. The fraction of sp³-hybridized carbons (Fsp3) is 0.185. The van der Waals surface area contributed by atoms with Gasteiger partial charge in [-0.15, -0.1) is 0 Å². The fourth-order valence-corrected chi connectivity index (χ4v) is 13.3. The molecule has 4 fully saturated rings. The summed E-state index contributed by atoms with van der Waals surface area (Å²) in [6.07, 6.45) is 7.05. The third-order valence-corrected chi connectivity index (χ3v) is 15.1. The number of hydrogen-bond acceptors (Lipinski definition) is 2. The molecule has 0 atom stereocenters. The molecule has 15 rings (SSSR count). The summed E-state index contributed by atoms with van der Waals surface area (Å²) in [5.41, 5.74) is 15.5. The lowest BCUT2D eigenvalue weighted by Gasteiger charge is -2.61. The Balaban J connectivity index is 0.954. The second-order valence-corrected chi connectivity index (χ2v) is 17.5. The molecule has 1 aromatic heterocycles. The first-order valence-electron chi connectivity index (χ1n) is 20.7. The molecule has 8 aromatic carbocycles. The summed E-state index contributed by atoms with van der Waals surface area (Å²) in [5.74, 6) is 5.18. The highest BCUT2D eigenvalue weighted by Crippen LogP contribution is 2.70. The van der Waals surface area contributed by atoms with Crippen LogP contribution >= 0.6 is 0 Å². The second-order valence-electron chi connectivity index (χ2n) is 17.5. The van der Waals surface area contributed by atoms with E-state index in [4.69, 9.17) is 9.15 Å². The van der Waals surface area contributed by atoms with Gasteiger partial charge in [0.25, 0.3) is 0 Å². The minimum atomic E-state index is 0.149. The van der Waals surface area contributed by atoms with Gasteiger partial charge in [-0.05, 0) is 147 Å². The van der Waals surface area contributed by atoms with E-state index in [1.807, 2.05) is 0 Å². The van der Waals surface area contributed by atoms with Crippen LogP contribution in [0.1, 0.15) is 43.2 Å². The average Bonchev–Trinajstić information content (AvgIpc) is 3.77. The van der Waals surface area contributed by atoms with Crippen molar-refractivity contribution < 1.29 is 9.15 Å². The van der Waals surface area contributed by atoms with Crippen LogP contribution in [0, 0.1) is 23.7 Å². The first-order valence-corrected chi connectivity index (χ1v) is 20.7. The number of ether oxygens (including phenoxy) is 1. The summed E-state index contributed by atoms with van der Waals surface area (Å²) in [4.78, 5) is 0. The van der Waals surface area contributed by atoms with E-state index >= 15 is 0 Å². The van der Waals surface area contributed by atoms with Crippen molar-refractivity contribution in [2.45, 2.75) is 37.5 Å². The number of furan rings is 1. The Morgan fingerprint density at radius 1 is 0.446 bits per heavy atom. The maximum atomic E-state index is 6.81. The standard InChI is InChI=1S/C54H38O2/c1-2-9-37-32(8-1)18-20-43-51-36(11-7-17-48(51)56-53(37)43)33-19-22-47-44(29-33)41-13-5-12-40-38(21-23-49(55-47)52(40)41)39-14-6-16-46-50(39)42-10-3-4-15-45(42)54(46)34-25-30-24-31(27-34)28-35(54)26-30/h1-23,29-31,34-35H,24-28H2. The summed E-state index contributed by atoms with van der Waals surface area (Å²) < 4.78 is 13.4. The van der Waals surface area contributed by atoms with Crippen LogP contribution in [0.25, 0.3) is 88.0 Å². The van der Waals surface area contributed by atoms with E-state index < -0.39 is 0 Å². The molecule has 266 valence electrons. The largest absolute Gasteiger partial charge is 0.456 e. The van der Waals surface area contributed by atoms with Crippen molar-refractivity contribution in [3.63, 3.8) is 0 Å². The average molecular weight is 719 g/mol.